The Labute approximate surface area is 91.5 Å². The van der Waals surface area contributed by atoms with Crippen LogP contribution in [0.4, 0.5) is 0 Å². The summed E-state index contributed by atoms with van der Waals surface area (Å²) >= 11 is 0. The van der Waals surface area contributed by atoms with E-state index < -0.39 is 0 Å². The monoisotopic (exact) mass is 212 g/mol. The van der Waals surface area contributed by atoms with Crippen molar-refractivity contribution >= 4 is 11.8 Å². The number of ether oxygens (including phenoxy) is 1. The van der Waals surface area contributed by atoms with Gasteiger partial charge in [0.15, 0.2) is 0 Å². The van der Waals surface area contributed by atoms with E-state index in [0.717, 1.165) is 6.42 Å². The molecule has 15 heavy (non-hydrogen) atoms. The SMILES string of the molecule is COC(=O)C=CC(CCC(C)=O)C(C)C. The van der Waals surface area contributed by atoms with E-state index in [0.29, 0.717) is 12.3 Å². The zero-order valence-corrected chi connectivity index (χ0v) is 9.95. The Morgan fingerprint density at radius 1 is 1.33 bits per heavy atom. The minimum atomic E-state index is -0.344. The Kier molecular flexibility index (Phi) is 6.67. The smallest absolute Gasteiger partial charge is 0.330 e. The second-order valence-corrected chi connectivity index (χ2v) is 4.03. The van der Waals surface area contributed by atoms with E-state index >= 15 is 0 Å². The van der Waals surface area contributed by atoms with Crippen LogP contribution in [0.25, 0.3) is 0 Å². The summed E-state index contributed by atoms with van der Waals surface area (Å²) < 4.78 is 4.51. The predicted molar refractivity (Wildman–Crippen MR) is 59.4 cm³/mol. The molecule has 0 amide bonds. The van der Waals surface area contributed by atoms with E-state index in [-0.39, 0.29) is 17.7 Å². The highest BCUT2D eigenvalue weighted by molar-refractivity contribution is 5.81. The van der Waals surface area contributed by atoms with Gasteiger partial charge in [0.25, 0.3) is 0 Å². The van der Waals surface area contributed by atoms with Crippen molar-refractivity contribution in [2.24, 2.45) is 11.8 Å². The zero-order chi connectivity index (χ0) is 11.8. The highest BCUT2D eigenvalue weighted by Gasteiger charge is 2.11. The first-order valence-electron chi connectivity index (χ1n) is 5.23. The molecule has 0 aromatic heterocycles. The third-order valence-electron chi connectivity index (χ3n) is 2.37. The maximum atomic E-state index is 10.9. The summed E-state index contributed by atoms with van der Waals surface area (Å²) in [4.78, 5) is 21.8. The number of rotatable bonds is 6. The van der Waals surface area contributed by atoms with Crippen LogP contribution in [-0.2, 0) is 14.3 Å². The zero-order valence-electron chi connectivity index (χ0n) is 9.95. The molecule has 3 nitrogen and oxygen atoms in total. The molecule has 0 aliphatic rings. The lowest BCUT2D eigenvalue weighted by Crippen LogP contribution is -2.08. The van der Waals surface area contributed by atoms with Crippen molar-refractivity contribution in [1.82, 2.24) is 0 Å². The van der Waals surface area contributed by atoms with Gasteiger partial charge in [-0.1, -0.05) is 19.9 Å². The van der Waals surface area contributed by atoms with Gasteiger partial charge in [-0.25, -0.2) is 4.79 Å². The number of hydrogen-bond donors (Lipinski definition) is 0. The summed E-state index contributed by atoms with van der Waals surface area (Å²) in [7, 11) is 1.35. The first kappa shape index (κ1) is 13.9. The molecule has 0 aromatic carbocycles. The maximum absolute atomic E-state index is 10.9. The number of carbonyl (C=O) groups is 2. The molecule has 0 spiro atoms. The second-order valence-electron chi connectivity index (χ2n) is 4.03. The topological polar surface area (TPSA) is 43.4 Å². The van der Waals surface area contributed by atoms with E-state index in [1.54, 1.807) is 6.92 Å². The molecule has 0 aromatic rings. The van der Waals surface area contributed by atoms with Crippen LogP contribution in [0, 0.1) is 11.8 Å². The van der Waals surface area contributed by atoms with Gasteiger partial charge in [-0.05, 0) is 25.2 Å². The van der Waals surface area contributed by atoms with Crippen molar-refractivity contribution in [3.63, 3.8) is 0 Å². The van der Waals surface area contributed by atoms with E-state index in [1.807, 2.05) is 6.08 Å². The number of hydrogen-bond acceptors (Lipinski definition) is 3. The number of ketones is 1. The van der Waals surface area contributed by atoms with Crippen molar-refractivity contribution < 1.29 is 14.3 Å². The molecule has 0 heterocycles. The first-order valence-corrected chi connectivity index (χ1v) is 5.23. The third kappa shape index (κ3) is 6.89. The van der Waals surface area contributed by atoms with Gasteiger partial charge in [-0.15, -0.1) is 0 Å². The fourth-order valence-electron chi connectivity index (χ4n) is 1.29. The summed E-state index contributed by atoms with van der Waals surface area (Å²) in [5.74, 6) is 0.522. The van der Waals surface area contributed by atoms with Crippen LogP contribution in [0.1, 0.15) is 33.6 Å². The molecule has 0 saturated heterocycles. The Hall–Kier alpha value is -1.12. The van der Waals surface area contributed by atoms with E-state index in [2.05, 4.69) is 18.6 Å². The fourth-order valence-corrected chi connectivity index (χ4v) is 1.29. The van der Waals surface area contributed by atoms with Crippen molar-refractivity contribution in [3.8, 4) is 0 Å². The fraction of sp³-hybridized carbons (Fsp3) is 0.667. The minimum Gasteiger partial charge on any atom is -0.466 e. The summed E-state index contributed by atoms with van der Waals surface area (Å²) in [6, 6.07) is 0. The van der Waals surface area contributed by atoms with Crippen LogP contribution >= 0.6 is 0 Å². The van der Waals surface area contributed by atoms with E-state index in [1.165, 1.54) is 13.2 Å². The van der Waals surface area contributed by atoms with E-state index in [4.69, 9.17) is 0 Å². The molecular weight excluding hydrogens is 192 g/mol. The van der Waals surface area contributed by atoms with Gasteiger partial charge in [0, 0.05) is 12.5 Å². The molecule has 0 saturated carbocycles. The van der Waals surface area contributed by atoms with Crippen LogP contribution in [0.2, 0.25) is 0 Å². The Bertz CT molecular complexity index is 241. The number of carbonyl (C=O) groups excluding carboxylic acids is 2. The lowest BCUT2D eigenvalue weighted by atomic mass is 9.90. The van der Waals surface area contributed by atoms with Gasteiger partial charge >= 0.3 is 5.97 Å². The maximum Gasteiger partial charge on any atom is 0.330 e. The Morgan fingerprint density at radius 3 is 2.33 bits per heavy atom. The number of allylic oxidation sites excluding steroid dienone is 1. The lowest BCUT2D eigenvalue weighted by Gasteiger charge is -2.15. The standard InChI is InChI=1S/C12H20O3/c1-9(2)11(6-5-10(3)13)7-8-12(14)15-4/h7-9,11H,5-6H2,1-4H3. The molecule has 1 atom stereocenters. The average molecular weight is 212 g/mol. The van der Waals surface area contributed by atoms with Gasteiger partial charge in [-0.3, -0.25) is 0 Å². The molecule has 0 radical (unpaired) electrons. The number of esters is 1. The van der Waals surface area contributed by atoms with Crippen molar-refractivity contribution in [1.29, 1.82) is 0 Å². The Balaban J connectivity index is 4.21. The van der Waals surface area contributed by atoms with Gasteiger partial charge in [0.1, 0.15) is 5.78 Å². The van der Waals surface area contributed by atoms with Crippen LogP contribution in [0.5, 0.6) is 0 Å². The van der Waals surface area contributed by atoms with Gasteiger partial charge in [0.2, 0.25) is 0 Å². The van der Waals surface area contributed by atoms with Crippen molar-refractivity contribution in [2.45, 2.75) is 33.6 Å². The highest BCUT2D eigenvalue weighted by atomic mass is 16.5. The molecule has 3 heteroatoms. The van der Waals surface area contributed by atoms with Crippen molar-refractivity contribution in [2.75, 3.05) is 7.11 Å². The molecule has 0 aliphatic carbocycles. The molecule has 0 N–H and O–H groups in total. The van der Waals surface area contributed by atoms with Crippen LogP contribution < -0.4 is 0 Å². The second kappa shape index (κ2) is 7.21. The normalized spacial score (nSPS) is 13.1. The Morgan fingerprint density at radius 2 is 1.93 bits per heavy atom. The average Bonchev–Trinajstić information content (AvgIpc) is 2.16. The summed E-state index contributed by atoms with van der Waals surface area (Å²) in [6.45, 7) is 5.74. The molecule has 86 valence electrons. The van der Waals surface area contributed by atoms with Gasteiger partial charge in [0.05, 0.1) is 7.11 Å². The largest absolute Gasteiger partial charge is 0.466 e. The number of methoxy groups -OCH3 is 1. The first-order chi connectivity index (χ1) is 6.97. The summed E-state index contributed by atoms with van der Waals surface area (Å²) in [5.41, 5.74) is 0. The minimum absolute atomic E-state index is 0.187. The van der Waals surface area contributed by atoms with Crippen LogP contribution in [0.3, 0.4) is 0 Å². The molecule has 1 unspecified atom stereocenters. The van der Waals surface area contributed by atoms with Crippen molar-refractivity contribution in [3.05, 3.63) is 12.2 Å². The quantitative estimate of drug-likeness (QED) is 0.501. The molecule has 0 bridgehead atoms. The molecule has 0 fully saturated rings. The summed E-state index contributed by atoms with van der Waals surface area (Å²) in [5, 5.41) is 0. The van der Waals surface area contributed by atoms with Crippen LogP contribution in [-0.4, -0.2) is 18.9 Å². The molecule has 0 rings (SSSR count). The van der Waals surface area contributed by atoms with Gasteiger partial charge in [-0.2, -0.15) is 0 Å². The lowest BCUT2D eigenvalue weighted by molar-refractivity contribution is -0.134. The van der Waals surface area contributed by atoms with Gasteiger partial charge < -0.3 is 9.53 Å². The van der Waals surface area contributed by atoms with E-state index in [9.17, 15) is 9.59 Å². The molecule has 0 aliphatic heterocycles. The highest BCUT2D eigenvalue weighted by Crippen LogP contribution is 2.18. The van der Waals surface area contributed by atoms with Crippen LogP contribution in [0.15, 0.2) is 12.2 Å². The summed E-state index contributed by atoms with van der Waals surface area (Å²) in [6.07, 6.45) is 4.62. The number of Topliss-reactive ketones (excluding diaryl/α,β-unsaturated/α-hetero) is 1. The predicted octanol–water partition coefficient (Wildman–Crippen LogP) is 2.36. The third-order valence-corrected chi connectivity index (χ3v) is 2.37. The molecular formula is C12H20O3.